The number of amides is 3. The van der Waals surface area contributed by atoms with Crippen molar-refractivity contribution in [3.63, 3.8) is 0 Å². The van der Waals surface area contributed by atoms with Crippen molar-refractivity contribution in [3.05, 3.63) is 281 Å². The van der Waals surface area contributed by atoms with E-state index in [0.717, 1.165) is 111 Å². The van der Waals surface area contributed by atoms with Crippen molar-refractivity contribution in [2.45, 2.75) is 91.4 Å². The molecule has 3 aromatic heterocycles. The van der Waals surface area contributed by atoms with Gasteiger partial charge in [-0.25, -0.2) is 15.0 Å². The molecule has 516 valence electrons. The first-order valence-electron chi connectivity index (χ1n) is 33.7. The van der Waals surface area contributed by atoms with Crippen LogP contribution in [-0.2, 0) is 19.3 Å². The fourth-order valence-corrected chi connectivity index (χ4v) is 12.4. The van der Waals surface area contributed by atoms with Gasteiger partial charge in [0.05, 0.1) is 15.1 Å². The highest BCUT2D eigenvalue weighted by atomic mass is 35.5. The van der Waals surface area contributed by atoms with Gasteiger partial charge in [-0.1, -0.05) is 161 Å². The zero-order valence-corrected chi connectivity index (χ0v) is 58.9. The van der Waals surface area contributed by atoms with E-state index in [-0.39, 0.29) is 54.3 Å². The topological polar surface area (TPSA) is 258 Å². The van der Waals surface area contributed by atoms with Crippen LogP contribution in [0.5, 0.6) is 0 Å². The first kappa shape index (κ1) is 73.2. The fraction of sp³-hybridized carbons (Fsp3) is 0.250. The van der Waals surface area contributed by atoms with Gasteiger partial charge in [-0.05, 0) is 143 Å². The minimum Gasteiger partial charge on any atom is -0.357 e. The molecule has 3 aliphatic rings. The Morgan fingerprint density at radius 1 is 0.337 bits per heavy atom. The number of carbonyl (C=O) groups is 6. The van der Waals surface area contributed by atoms with Gasteiger partial charge in [0.2, 0.25) is 0 Å². The summed E-state index contributed by atoms with van der Waals surface area (Å²) in [7, 11) is 0. The number of halogens is 3. The van der Waals surface area contributed by atoms with Crippen molar-refractivity contribution in [2.75, 3.05) is 55.2 Å². The lowest BCUT2D eigenvalue weighted by molar-refractivity contribution is 0.0980. The van der Waals surface area contributed by atoms with Gasteiger partial charge < -0.3 is 30.7 Å². The maximum Gasteiger partial charge on any atom is 0.257 e. The zero-order valence-electron chi connectivity index (χ0n) is 56.6. The van der Waals surface area contributed by atoms with Gasteiger partial charge in [-0.15, -0.1) is 0 Å². The molecule has 3 saturated heterocycles. The summed E-state index contributed by atoms with van der Waals surface area (Å²) < 4.78 is 0. The first-order chi connectivity index (χ1) is 48.7. The van der Waals surface area contributed by atoms with Crippen LogP contribution in [0.25, 0.3) is 0 Å². The molecule has 12 rings (SSSR count). The number of Topliss-reactive ketones (excluding diaryl/α,β-unsaturated/α-hetero) is 3. The largest absolute Gasteiger partial charge is 0.357 e. The van der Waals surface area contributed by atoms with E-state index >= 15 is 0 Å². The number of carbonyl (C=O) groups excluding carboxylic acids is 6. The van der Waals surface area contributed by atoms with Crippen molar-refractivity contribution >= 4 is 105 Å². The number of likely N-dealkylation sites (tertiary alicyclic amines) is 3. The van der Waals surface area contributed by atoms with E-state index < -0.39 is 0 Å². The predicted molar refractivity (Wildman–Crippen MR) is 401 cm³/mol. The van der Waals surface area contributed by atoms with Crippen molar-refractivity contribution in [1.29, 1.82) is 16.2 Å². The van der Waals surface area contributed by atoms with Gasteiger partial charge in [-0.3, -0.25) is 45.0 Å². The average molecular weight is 1410 g/mol. The monoisotopic (exact) mass is 1410 g/mol. The Labute approximate surface area is 603 Å². The second kappa shape index (κ2) is 35.0. The number of nitrogens with one attached hydrogen (secondary N) is 6. The number of benzene rings is 6. The molecule has 9 aromatic rings. The van der Waals surface area contributed by atoms with E-state index in [4.69, 9.17) is 51.0 Å². The summed E-state index contributed by atoms with van der Waals surface area (Å²) in [5.41, 5.74) is 10.1. The number of ketones is 3. The SMILES string of the molecule is Cc1ccc(CC(=O)c2ccc(C(=N)N3CCCC3)cc2)c(C(=O)Nc2ccc(Cl)cn2)c1.Cc1ccc(CC(=O)c2ccc(C(=N)N3CCCCC3)cc2)c(C(=O)Nc2ccc(Cl)cn2)c1.Cc1ccc(CC(=O)c2ccc(C(=N)N3CCCCC3)cc2)c(C(=O)Nc2ccc(Cl)cn2)c1. The van der Waals surface area contributed by atoms with Gasteiger partial charge in [0, 0.05) is 127 Å². The number of piperidine rings is 2. The van der Waals surface area contributed by atoms with Crippen molar-refractivity contribution in [2.24, 2.45) is 0 Å². The van der Waals surface area contributed by atoms with Crippen LogP contribution in [0.4, 0.5) is 17.5 Å². The molecule has 0 bridgehead atoms. The lowest BCUT2D eigenvalue weighted by Crippen LogP contribution is -2.35. The minimum absolute atomic E-state index is 0.0847. The number of nitrogens with zero attached hydrogens (tertiary/aromatic N) is 6. The summed E-state index contributed by atoms with van der Waals surface area (Å²) in [5, 5.41) is 35.0. The molecule has 3 fully saturated rings. The van der Waals surface area contributed by atoms with E-state index in [0.29, 0.717) is 100 Å². The lowest BCUT2D eigenvalue weighted by Gasteiger charge is -2.29. The second-order valence-electron chi connectivity index (χ2n) is 25.3. The number of rotatable bonds is 18. The first-order valence-corrected chi connectivity index (χ1v) is 34.8. The Bertz CT molecular complexity index is 4300. The average Bonchev–Trinajstić information content (AvgIpc) is 1.57. The Balaban J connectivity index is 0.000000163. The van der Waals surface area contributed by atoms with Crippen molar-refractivity contribution < 1.29 is 28.8 Å². The highest BCUT2D eigenvalue weighted by Crippen LogP contribution is 2.25. The highest BCUT2D eigenvalue weighted by Gasteiger charge is 2.23. The quantitative estimate of drug-likeness (QED) is 0.0266. The summed E-state index contributed by atoms with van der Waals surface area (Å²) in [4.78, 5) is 96.4. The summed E-state index contributed by atoms with van der Waals surface area (Å²) >= 11 is 17.6. The second-order valence-corrected chi connectivity index (χ2v) is 26.6. The number of hydrogen-bond acceptors (Lipinski definition) is 12. The van der Waals surface area contributed by atoms with Crippen LogP contribution >= 0.6 is 34.8 Å². The maximum absolute atomic E-state index is 13.0. The van der Waals surface area contributed by atoms with Crippen molar-refractivity contribution in [1.82, 2.24) is 29.7 Å². The number of anilines is 3. The molecular formula is C80H79Cl3N12O6. The summed E-state index contributed by atoms with van der Waals surface area (Å²) in [6.45, 7) is 11.1. The van der Waals surface area contributed by atoms with E-state index in [1.165, 1.54) is 31.4 Å². The summed E-state index contributed by atoms with van der Waals surface area (Å²) in [6, 6.07) is 47.8. The van der Waals surface area contributed by atoms with Crippen LogP contribution in [0, 0.1) is 37.0 Å². The molecule has 0 radical (unpaired) electrons. The molecule has 0 unspecified atom stereocenters. The molecule has 18 nitrogen and oxygen atoms in total. The molecule has 6 heterocycles. The minimum atomic E-state index is -0.328. The van der Waals surface area contributed by atoms with Crippen LogP contribution in [0.15, 0.2) is 182 Å². The molecular weight excluding hydrogens is 1330 g/mol. The Kier molecular flexibility index (Phi) is 25.4. The molecule has 21 heteroatoms. The van der Waals surface area contributed by atoms with E-state index in [9.17, 15) is 28.8 Å². The zero-order chi connectivity index (χ0) is 71.5. The third-order valence-corrected chi connectivity index (χ3v) is 18.4. The van der Waals surface area contributed by atoms with Gasteiger partial charge in [0.1, 0.15) is 35.0 Å². The molecule has 0 saturated carbocycles. The van der Waals surface area contributed by atoms with E-state index in [2.05, 4.69) is 45.6 Å². The smallest absolute Gasteiger partial charge is 0.257 e. The van der Waals surface area contributed by atoms with Gasteiger partial charge in [-0.2, -0.15) is 0 Å². The third kappa shape index (κ3) is 20.3. The summed E-state index contributed by atoms with van der Waals surface area (Å²) in [5.74, 6) is 1.44. The molecule has 0 aliphatic carbocycles. The highest BCUT2D eigenvalue weighted by molar-refractivity contribution is 6.31. The van der Waals surface area contributed by atoms with Gasteiger partial charge >= 0.3 is 0 Å². The Hall–Kier alpha value is -10.5. The van der Waals surface area contributed by atoms with Crippen LogP contribution in [0.1, 0.15) is 164 Å². The molecule has 6 N–H and O–H groups in total. The summed E-state index contributed by atoms with van der Waals surface area (Å²) in [6.07, 6.45) is 13.8. The number of aromatic nitrogens is 3. The van der Waals surface area contributed by atoms with Crippen LogP contribution < -0.4 is 16.0 Å². The molecule has 6 aromatic carbocycles. The van der Waals surface area contributed by atoms with Crippen molar-refractivity contribution in [3.8, 4) is 0 Å². The number of aryl methyl sites for hydroxylation is 3. The van der Waals surface area contributed by atoms with E-state index in [1.807, 2.05) is 93.6 Å². The maximum atomic E-state index is 13.0. The third-order valence-electron chi connectivity index (χ3n) is 17.7. The normalized spacial score (nSPS) is 13.3. The van der Waals surface area contributed by atoms with Crippen LogP contribution in [0.3, 0.4) is 0 Å². The van der Waals surface area contributed by atoms with Crippen LogP contribution in [-0.4, -0.2) is 121 Å². The molecule has 0 spiro atoms. The lowest BCUT2D eigenvalue weighted by atomic mass is 9.96. The Morgan fingerprint density at radius 2 is 0.574 bits per heavy atom. The number of pyridine rings is 3. The van der Waals surface area contributed by atoms with Crippen LogP contribution in [0.2, 0.25) is 15.1 Å². The number of hydrogen-bond donors (Lipinski definition) is 6. The Morgan fingerprint density at radius 3 is 0.812 bits per heavy atom. The standard InChI is InChI=1S/2C27H27ClN4O2.C26H25ClN4O2/c2*1-18-5-6-21(23(15-18)27(34)31-25-12-11-22(28)17-30-25)16-24(33)19-7-9-20(10-8-19)26(29)32-13-3-2-4-14-32;1-17-4-5-20(22(14-17)26(33)30-24-11-10-21(27)16-29-24)15-23(32)18-6-8-19(9-7-18)25(28)31-12-2-3-13-31/h2*5-12,15,17,29H,2-4,13-14,16H2,1H3,(H,30,31,34);4-11,14,16,28H,2-3,12-13,15H2,1H3,(H,29,30,33). The molecule has 101 heavy (non-hydrogen) atoms. The van der Waals surface area contributed by atoms with Gasteiger partial charge in [0.25, 0.3) is 17.7 Å². The van der Waals surface area contributed by atoms with E-state index in [1.54, 1.807) is 91.0 Å². The molecule has 3 amide bonds. The molecule has 3 aliphatic heterocycles. The van der Waals surface area contributed by atoms with Gasteiger partial charge in [0.15, 0.2) is 17.3 Å². The molecule has 0 atom stereocenters. The fourth-order valence-electron chi connectivity index (χ4n) is 12.1. The number of amidine groups is 3. The predicted octanol–water partition coefficient (Wildman–Crippen LogP) is 16.2.